The molecule has 0 saturated carbocycles. The van der Waals surface area contributed by atoms with E-state index in [1.165, 1.54) is 13.2 Å². The van der Waals surface area contributed by atoms with Gasteiger partial charge in [0.2, 0.25) is 15.9 Å². The third-order valence-corrected chi connectivity index (χ3v) is 7.09. The zero-order chi connectivity index (χ0) is 22.3. The van der Waals surface area contributed by atoms with Crippen LogP contribution in [-0.4, -0.2) is 45.9 Å². The first-order valence-corrected chi connectivity index (χ1v) is 11.7. The minimum atomic E-state index is -3.48. The van der Waals surface area contributed by atoms with Gasteiger partial charge in [-0.15, -0.1) is 0 Å². The molecule has 0 aromatic heterocycles. The van der Waals surface area contributed by atoms with Crippen molar-refractivity contribution in [3.8, 4) is 11.5 Å². The molecule has 0 bridgehead atoms. The summed E-state index contributed by atoms with van der Waals surface area (Å²) < 4.78 is 37.7. The molecule has 1 aliphatic heterocycles. The van der Waals surface area contributed by atoms with Gasteiger partial charge in [0.05, 0.1) is 24.8 Å². The predicted octanol–water partition coefficient (Wildman–Crippen LogP) is 3.92. The summed E-state index contributed by atoms with van der Waals surface area (Å²) in [6.45, 7) is 1.13. The number of carbonyl (C=O) groups is 1. The second-order valence-electron chi connectivity index (χ2n) is 7.28. The lowest BCUT2D eigenvalue weighted by atomic mass is 10.2. The molecular weight excluding hydrogens is 416 g/mol. The van der Waals surface area contributed by atoms with Gasteiger partial charge in [0.1, 0.15) is 11.5 Å². The van der Waals surface area contributed by atoms with Crippen LogP contribution in [0.5, 0.6) is 11.5 Å². The smallest absolute Gasteiger partial charge is 0.248 e. The molecule has 0 radical (unpaired) electrons. The highest BCUT2D eigenvalue weighted by Crippen LogP contribution is 2.29. The van der Waals surface area contributed by atoms with Crippen molar-refractivity contribution in [2.45, 2.75) is 30.6 Å². The molecule has 8 heteroatoms. The van der Waals surface area contributed by atoms with Gasteiger partial charge in [-0.3, -0.25) is 4.79 Å². The van der Waals surface area contributed by atoms with E-state index in [2.05, 4.69) is 5.32 Å². The predicted molar refractivity (Wildman–Crippen MR) is 121 cm³/mol. The summed E-state index contributed by atoms with van der Waals surface area (Å²) in [6, 6.07) is 11.7. The summed E-state index contributed by atoms with van der Waals surface area (Å²) >= 11 is 0. The molecule has 1 heterocycles. The van der Waals surface area contributed by atoms with E-state index in [0.717, 1.165) is 31.2 Å². The minimum Gasteiger partial charge on any atom is -0.497 e. The van der Waals surface area contributed by atoms with Gasteiger partial charge in [-0.05, 0) is 48.7 Å². The molecule has 2 aromatic rings. The molecular formula is C23H28N2O5S. The van der Waals surface area contributed by atoms with Crippen LogP contribution in [-0.2, 0) is 14.8 Å². The Kier molecular flexibility index (Phi) is 7.70. The van der Waals surface area contributed by atoms with Gasteiger partial charge in [-0.25, -0.2) is 8.42 Å². The number of carbonyl (C=O) groups excluding carboxylic acids is 1. The fraction of sp³-hybridized carbons (Fsp3) is 0.348. The van der Waals surface area contributed by atoms with Crippen LogP contribution in [0.2, 0.25) is 0 Å². The fourth-order valence-electron chi connectivity index (χ4n) is 3.44. The molecule has 1 amide bonds. The molecule has 0 unspecified atom stereocenters. The normalized spacial score (nSPS) is 15.4. The van der Waals surface area contributed by atoms with E-state index >= 15 is 0 Å². The SMILES string of the molecule is COc1ccc(OC)c(NC(=O)/C=C/c2ccc(S(=O)(=O)N3CCCCCC3)cc2)c1. The van der Waals surface area contributed by atoms with Gasteiger partial charge in [-0.2, -0.15) is 4.31 Å². The maximum absolute atomic E-state index is 12.9. The Balaban J connectivity index is 1.67. The first-order chi connectivity index (χ1) is 14.9. The molecule has 31 heavy (non-hydrogen) atoms. The van der Waals surface area contributed by atoms with Crippen LogP contribution in [0.15, 0.2) is 53.4 Å². The molecule has 0 spiro atoms. The number of amides is 1. The van der Waals surface area contributed by atoms with Crippen molar-refractivity contribution in [2.24, 2.45) is 0 Å². The third kappa shape index (κ3) is 5.86. The Bertz CT molecular complexity index is 1020. The number of rotatable bonds is 7. The molecule has 3 rings (SSSR count). The lowest BCUT2D eigenvalue weighted by Crippen LogP contribution is -2.31. The quantitative estimate of drug-likeness (QED) is 0.655. The zero-order valence-electron chi connectivity index (χ0n) is 17.8. The molecule has 7 nitrogen and oxygen atoms in total. The maximum Gasteiger partial charge on any atom is 0.248 e. The number of anilines is 1. The molecule has 0 aliphatic carbocycles. The van der Waals surface area contributed by atoms with Gasteiger partial charge in [0.25, 0.3) is 0 Å². The molecule has 1 N–H and O–H groups in total. The van der Waals surface area contributed by atoms with E-state index in [1.807, 2.05) is 0 Å². The van der Waals surface area contributed by atoms with E-state index in [0.29, 0.717) is 30.3 Å². The average molecular weight is 445 g/mol. The van der Waals surface area contributed by atoms with Crippen molar-refractivity contribution in [3.05, 3.63) is 54.1 Å². The summed E-state index contributed by atoms with van der Waals surface area (Å²) in [4.78, 5) is 12.6. The Morgan fingerprint density at radius 3 is 2.26 bits per heavy atom. The van der Waals surface area contributed by atoms with Crippen molar-refractivity contribution in [1.82, 2.24) is 4.31 Å². The lowest BCUT2D eigenvalue weighted by molar-refractivity contribution is -0.111. The van der Waals surface area contributed by atoms with E-state index in [1.54, 1.807) is 60.0 Å². The number of methoxy groups -OCH3 is 2. The summed E-state index contributed by atoms with van der Waals surface area (Å²) in [7, 11) is -0.416. The highest BCUT2D eigenvalue weighted by Gasteiger charge is 2.24. The molecule has 0 atom stereocenters. The van der Waals surface area contributed by atoms with E-state index in [9.17, 15) is 13.2 Å². The van der Waals surface area contributed by atoms with Gasteiger partial charge in [0, 0.05) is 25.2 Å². The summed E-state index contributed by atoms with van der Waals surface area (Å²) in [5.41, 5.74) is 1.22. The molecule has 2 aromatic carbocycles. The zero-order valence-corrected chi connectivity index (χ0v) is 18.7. The Hall–Kier alpha value is -2.84. The lowest BCUT2D eigenvalue weighted by Gasteiger charge is -2.19. The van der Waals surface area contributed by atoms with Crippen LogP contribution < -0.4 is 14.8 Å². The largest absolute Gasteiger partial charge is 0.497 e. The average Bonchev–Trinajstić information content (AvgIpc) is 3.08. The van der Waals surface area contributed by atoms with Crippen LogP contribution in [0.4, 0.5) is 5.69 Å². The Morgan fingerprint density at radius 1 is 0.968 bits per heavy atom. The Morgan fingerprint density at radius 2 is 1.65 bits per heavy atom. The van der Waals surface area contributed by atoms with Crippen LogP contribution in [0.3, 0.4) is 0 Å². The summed E-state index contributed by atoms with van der Waals surface area (Å²) in [5.74, 6) is 0.778. The first-order valence-electron chi connectivity index (χ1n) is 10.3. The molecule has 1 fully saturated rings. The highest BCUT2D eigenvalue weighted by atomic mass is 32.2. The van der Waals surface area contributed by atoms with E-state index in [-0.39, 0.29) is 10.8 Å². The fourth-order valence-corrected chi connectivity index (χ4v) is 4.96. The highest BCUT2D eigenvalue weighted by molar-refractivity contribution is 7.89. The van der Waals surface area contributed by atoms with Gasteiger partial charge in [-0.1, -0.05) is 25.0 Å². The third-order valence-electron chi connectivity index (χ3n) is 5.17. The van der Waals surface area contributed by atoms with Crippen LogP contribution >= 0.6 is 0 Å². The van der Waals surface area contributed by atoms with Crippen molar-refractivity contribution in [1.29, 1.82) is 0 Å². The second-order valence-corrected chi connectivity index (χ2v) is 9.21. The topological polar surface area (TPSA) is 84.9 Å². The number of sulfonamides is 1. The molecule has 166 valence electrons. The van der Waals surface area contributed by atoms with E-state index in [4.69, 9.17) is 9.47 Å². The van der Waals surface area contributed by atoms with Crippen LogP contribution in [0.1, 0.15) is 31.2 Å². The maximum atomic E-state index is 12.9. The Labute approximate surface area is 183 Å². The summed E-state index contributed by atoms with van der Waals surface area (Å²) in [6.07, 6.45) is 6.95. The van der Waals surface area contributed by atoms with Gasteiger partial charge < -0.3 is 14.8 Å². The van der Waals surface area contributed by atoms with Crippen LogP contribution in [0.25, 0.3) is 6.08 Å². The number of benzene rings is 2. The van der Waals surface area contributed by atoms with Crippen molar-refractivity contribution in [3.63, 3.8) is 0 Å². The number of nitrogens with one attached hydrogen (secondary N) is 1. The van der Waals surface area contributed by atoms with E-state index < -0.39 is 10.0 Å². The number of ether oxygens (including phenoxy) is 2. The van der Waals surface area contributed by atoms with Crippen molar-refractivity contribution < 1.29 is 22.7 Å². The monoisotopic (exact) mass is 444 g/mol. The van der Waals surface area contributed by atoms with Crippen LogP contribution in [0, 0.1) is 0 Å². The van der Waals surface area contributed by atoms with Crippen molar-refractivity contribution in [2.75, 3.05) is 32.6 Å². The standard InChI is InChI=1S/C23H28N2O5S/c1-29-19-10-13-22(30-2)21(17-19)24-23(26)14-9-18-7-11-20(12-8-18)31(27,28)25-15-5-3-4-6-16-25/h7-14,17H,3-6,15-16H2,1-2H3,(H,24,26)/b14-9+. The summed E-state index contributed by atoms with van der Waals surface area (Å²) in [5, 5.41) is 2.76. The second kappa shape index (κ2) is 10.5. The number of nitrogens with zero attached hydrogens (tertiary/aromatic N) is 1. The van der Waals surface area contributed by atoms with Gasteiger partial charge >= 0.3 is 0 Å². The molecule has 1 saturated heterocycles. The number of hydrogen-bond acceptors (Lipinski definition) is 5. The first kappa shape index (κ1) is 22.8. The van der Waals surface area contributed by atoms with Gasteiger partial charge in [0.15, 0.2) is 0 Å². The van der Waals surface area contributed by atoms with Crippen molar-refractivity contribution >= 4 is 27.7 Å². The minimum absolute atomic E-state index is 0.275. The number of hydrogen-bond donors (Lipinski definition) is 1. The molecule has 1 aliphatic rings.